The molecule has 0 bridgehead atoms. The number of hydrogen-bond acceptors (Lipinski definition) is 2. The van der Waals surface area contributed by atoms with E-state index in [1.54, 1.807) is 0 Å². The van der Waals surface area contributed by atoms with Crippen molar-refractivity contribution in [3.8, 4) is 0 Å². The minimum Gasteiger partial charge on any atom is -0.309 e. The van der Waals surface area contributed by atoms with Crippen molar-refractivity contribution in [3.05, 3.63) is 34.9 Å². The predicted octanol–water partition coefficient (Wildman–Crippen LogP) is 2.52. The van der Waals surface area contributed by atoms with E-state index in [0.29, 0.717) is 6.04 Å². The topological polar surface area (TPSA) is 15.3 Å². The first-order valence-electron chi connectivity index (χ1n) is 6.72. The number of fused-ring (bicyclic) bond motifs is 1. The predicted molar refractivity (Wildman–Crippen MR) is 73.4 cm³/mol. The zero-order valence-corrected chi connectivity index (χ0v) is 11.3. The summed E-state index contributed by atoms with van der Waals surface area (Å²) in [7, 11) is 2.18. The largest absolute Gasteiger partial charge is 0.309 e. The van der Waals surface area contributed by atoms with Crippen LogP contribution in [0.1, 0.15) is 36.1 Å². The molecule has 0 heterocycles. The van der Waals surface area contributed by atoms with Gasteiger partial charge in [-0.25, -0.2) is 0 Å². The molecule has 2 heteroatoms. The molecule has 0 fully saturated rings. The Kier molecular flexibility index (Phi) is 4.19. The molecule has 0 saturated carbocycles. The Hall–Kier alpha value is -0.860. The molecule has 1 N–H and O–H groups in total. The van der Waals surface area contributed by atoms with Gasteiger partial charge in [0.15, 0.2) is 0 Å². The van der Waals surface area contributed by atoms with Crippen LogP contribution in [-0.2, 0) is 6.42 Å². The first-order valence-corrected chi connectivity index (χ1v) is 6.72. The third-order valence-corrected chi connectivity index (χ3v) is 3.80. The Morgan fingerprint density at radius 1 is 1.41 bits per heavy atom. The molecule has 2 rings (SSSR count). The fourth-order valence-corrected chi connectivity index (χ4v) is 2.52. The molecule has 0 aliphatic heterocycles. The molecule has 1 aromatic rings. The van der Waals surface area contributed by atoms with Crippen LogP contribution in [0.2, 0.25) is 0 Å². The van der Waals surface area contributed by atoms with Crippen LogP contribution >= 0.6 is 0 Å². The van der Waals surface area contributed by atoms with E-state index in [9.17, 15) is 0 Å². The van der Waals surface area contributed by atoms with Crippen LogP contribution in [0, 0.1) is 6.92 Å². The van der Waals surface area contributed by atoms with E-state index >= 15 is 0 Å². The van der Waals surface area contributed by atoms with Gasteiger partial charge in [-0.3, -0.25) is 0 Å². The summed E-state index contributed by atoms with van der Waals surface area (Å²) in [6.45, 7) is 7.73. The molecule has 0 aromatic heterocycles. The average molecular weight is 232 g/mol. The molecule has 0 spiro atoms. The lowest BCUT2D eigenvalue weighted by Crippen LogP contribution is -2.30. The molecular weight excluding hydrogens is 208 g/mol. The van der Waals surface area contributed by atoms with E-state index in [1.165, 1.54) is 29.5 Å². The van der Waals surface area contributed by atoms with Gasteiger partial charge in [-0.05, 0) is 44.5 Å². The van der Waals surface area contributed by atoms with Crippen LogP contribution < -0.4 is 5.32 Å². The van der Waals surface area contributed by atoms with Gasteiger partial charge in [0.25, 0.3) is 0 Å². The van der Waals surface area contributed by atoms with E-state index in [4.69, 9.17) is 0 Å². The number of likely N-dealkylation sites (N-methyl/N-ethyl adjacent to an activating group) is 1. The monoisotopic (exact) mass is 232 g/mol. The van der Waals surface area contributed by atoms with Gasteiger partial charge < -0.3 is 10.2 Å². The lowest BCUT2D eigenvalue weighted by molar-refractivity contribution is 0.339. The number of aryl methyl sites for hydroxylation is 2. The average Bonchev–Trinajstić information content (AvgIpc) is 2.72. The normalized spacial score (nSPS) is 18.7. The van der Waals surface area contributed by atoms with Crippen LogP contribution in [0.3, 0.4) is 0 Å². The van der Waals surface area contributed by atoms with Gasteiger partial charge in [0, 0.05) is 19.1 Å². The Morgan fingerprint density at radius 2 is 2.24 bits per heavy atom. The fourth-order valence-electron chi connectivity index (χ4n) is 2.52. The quantitative estimate of drug-likeness (QED) is 0.839. The van der Waals surface area contributed by atoms with Crippen LogP contribution in [-0.4, -0.2) is 31.6 Å². The Bertz CT molecular complexity index is 373. The molecule has 1 aliphatic carbocycles. The second kappa shape index (κ2) is 5.65. The maximum absolute atomic E-state index is 3.69. The molecule has 1 atom stereocenters. The number of nitrogens with zero attached hydrogens (tertiary/aromatic N) is 1. The summed E-state index contributed by atoms with van der Waals surface area (Å²) in [5.41, 5.74) is 4.45. The minimum atomic E-state index is 0.579. The van der Waals surface area contributed by atoms with Crippen LogP contribution in [0.4, 0.5) is 0 Å². The second-order valence-corrected chi connectivity index (χ2v) is 5.14. The first-order chi connectivity index (χ1) is 8.20. The van der Waals surface area contributed by atoms with Gasteiger partial charge >= 0.3 is 0 Å². The summed E-state index contributed by atoms with van der Waals surface area (Å²) in [6, 6.07) is 7.45. The van der Waals surface area contributed by atoms with Crippen molar-refractivity contribution >= 4 is 0 Å². The van der Waals surface area contributed by atoms with Crippen LogP contribution in [0.5, 0.6) is 0 Å². The smallest absolute Gasteiger partial charge is 0.0326 e. The van der Waals surface area contributed by atoms with Gasteiger partial charge in [0.2, 0.25) is 0 Å². The third-order valence-electron chi connectivity index (χ3n) is 3.80. The first kappa shape index (κ1) is 12.6. The second-order valence-electron chi connectivity index (χ2n) is 5.14. The van der Waals surface area contributed by atoms with Crippen molar-refractivity contribution in [1.82, 2.24) is 10.2 Å². The van der Waals surface area contributed by atoms with Gasteiger partial charge in [-0.1, -0.05) is 30.7 Å². The van der Waals surface area contributed by atoms with Crippen LogP contribution in [0.25, 0.3) is 0 Å². The standard InChI is InChI=1S/C15H24N2/c1-4-17(3)10-9-16-15-8-7-13-6-5-12(2)11-14(13)15/h5-6,11,15-16H,4,7-10H2,1-3H3. The SMILES string of the molecule is CCN(C)CCNC1CCc2ccc(C)cc21. The third kappa shape index (κ3) is 3.08. The lowest BCUT2D eigenvalue weighted by atomic mass is 10.1. The lowest BCUT2D eigenvalue weighted by Gasteiger charge is -2.18. The van der Waals surface area contributed by atoms with Crippen LogP contribution in [0.15, 0.2) is 18.2 Å². The molecule has 94 valence electrons. The van der Waals surface area contributed by atoms with Crippen molar-refractivity contribution in [3.63, 3.8) is 0 Å². The number of nitrogens with one attached hydrogen (secondary N) is 1. The summed E-state index contributed by atoms with van der Waals surface area (Å²) >= 11 is 0. The molecule has 1 aliphatic rings. The fraction of sp³-hybridized carbons (Fsp3) is 0.600. The van der Waals surface area contributed by atoms with Crippen molar-refractivity contribution in [1.29, 1.82) is 0 Å². The van der Waals surface area contributed by atoms with Crippen molar-refractivity contribution in [2.75, 3.05) is 26.7 Å². The summed E-state index contributed by atoms with van der Waals surface area (Å²) in [4.78, 5) is 2.35. The molecule has 2 nitrogen and oxygen atoms in total. The van der Waals surface area contributed by atoms with Gasteiger partial charge in [-0.2, -0.15) is 0 Å². The molecule has 0 saturated heterocycles. The molecule has 0 amide bonds. The molecule has 0 radical (unpaired) electrons. The van der Waals surface area contributed by atoms with Crippen molar-refractivity contribution < 1.29 is 0 Å². The number of benzene rings is 1. The molecular formula is C15H24N2. The van der Waals surface area contributed by atoms with Gasteiger partial charge in [-0.15, -0.1) is 0 Å². The molecule has 1 aromatic carbocycles. The number of rotatable bonds is 5. The van der Waals surface area contributed by atoms with Crippen molar-refractivity contribution in [2.45, 2.75) is 32.7 Å². The molecule has 17 heavy (non-hydrogen) atoms. The Balaban J connectivity index is 1.91. The zero-order valence-electron chi connectivity index (χ0n) is 11.3. The highest BCUT2D eigenvalue weighted by atomic mass is 15.1. The van der Waals surface area contributed by atoms with E-state index in [1.807, 2.05) is 0 Å². The van der Waals surface area contributed by atoms with E-state index < -0.39 is 0 Å². The highest BCUT2D eigenvalue weighted by molar-refractivity contribution is 5.37. The Morgan fingerprint density at radius 3 is 3.00 bits per heavy atom. The minimum absolute atomic E-state index is 0.579. The summed E-state index contributed by atoms with van der Waals surface area (Å²) in [6.07, 6.45) is 2.49. The zero-order chi connectivity index (χ0) is 12.3. The summed E-state index contributed by atoms with van der Waals surface area (Å²) in [5, 5.41) is 3.69. The highest BCUT2D eigenvalue weighted by Crippen LogP contribution is 2.31. The summed E-state index contributed by atoms with van der Waals surface area (Å²) < 4.78 is 0. The van der Waals surface area contributed by atoms with E-state index in [2.05, 4.69) is 49.3 Å². The summed E-state index contributed by atoms with van der Waals surface area (Å²) in [5.74, 6) is 0. The highest BCUT2D eigenvalue weighted by Gasteiger charge is 2.21. The Labute approximate surface area is 105 Å². The molecule has 1 unspecified atom stereocenters. The van der Waals surface area contributed by atoms with Crippen molar-refractivity contribution in [2.24, 2.45) is 0 Å². The maximum Gasteiger partial charge on any atom is 0.0326 e. The van der Waals surface area contributed by atoms with Gasteiger partial charge in [0.1, 0.15) is 0 Å². The van der Waals surface area contributed by atoms with E-state index in [0.717, 1.165) is 19.6 Å². The van der Waals surface area contributed by atoms with Gasteiger partial charge in [0.05, 0.1) is 0 Å². The van der Waals surface area contributed by atoms with E-state index in [-0.39, 0.29) is 0 Å². The maximum atomic E-state index is 3.69. The number of hydrogen-bond donors (Lipinski definition) is 1.